The minimum Gasteiger partial charge on any atom is -0.454 e. The molecule has 132 valence electrons. The molecule has 1 aromatic heterocycles. The summed E-state index contributed by atoms with van der Waals surface area (Å²) >= 11 is 0. The van der Waals surface area contributed by atoms with Crippen LogP contribution in [-0.4, -0.2) is 28.1 Å². The number of ether oxygens (including phenoxy) is 1. The van der Waals surface area contributed by atoms with Crippen LogP contribution in [0.4, 0.5) is 0 Å². The highest BCUT2D eigenvalue weighted by molar-refractivity contribution is 6.00. The van der Waals surface area contributed by atoms with Crippen molar-refractivity contribution in [2.24, 2.45) is 0 Å². The largest absolute Gasteiger partial charge is 0.454 e. The number of H-pyrrole nitrogens is 1. The number of aromatic amines is 1. The molecule has 0 aliphatic carbocycles. The van der Waals surface area contributed by atoms with E-state index in [9.17, 15) is 14.4 Å². The number of Topliss-reactive ketones (excluding diaryl/α,β-unsaturated/α-hetero) is 1. The number of nitrogens with zero attached hydrogens (tertiary/aromatic N) is 1. The van der Waals surface area contributed by atoms with Crippen LogP contribution in [0, 0.1) is 6.92 Å². The first kappa shape index (κ1) is 17.5. The molecular weight excluding hydrogens is 332 g/mol. The van der Waals surface area contributed by atoms with E-state index in [1.165, 1.54) is 0 Å². The summed E-state index contributed by atoms with van der Waals surface area (Å²) in [6.07, 6.45) is -1.04. The van der Waals surface area contributed by atoms with Crippen molar-refractivity contribution in [1.29, 1.82) is 0 Å². The first-order valence-corrected chi connectivity index (χ1v) is 8.22. The molecule has 0 aliphatic rings. The number of nitrogens with one attached hydrogen (secondary N) is 1. The first-order chi connectivity index (χ1) is 12.5. The first-order valence-electron chi connectivity index (χ1n) is 8.22. The van der Waals surface area contributed by atoms with Crippen molar-refractivity contribution in [2.45, 2.75) is 26.4 Å². The van der Waals surface area contributed by atoms with E-state index in [0.717, 1.165) is 5.56 Å². The Morgan fingerprint density at radius 3 is 2.42 bits per heavy atom. The molecule has 6 heteroatoms. The van der Waals surface area contributed by atoms with Gasteiger partial charge in [0.1, 0.15) is 0 Å². The summed E-state index contributed by atoms with van der Waals surface area (Å²) in [5.74, 6) is -0.847. The lowest BCUT2D eigenvalue weighted by molar-refractivity contribution is -0.145. The number of aryl methyl sites for hydroxylation is 1. The zero-order chi connectivity index (χ0) is 18.7. The number of esters is 1. The second-order valence-corrected chi connectivity index (χ2v) is 6.08. The Morgan fingerprint density at radius 1 is 1.08 bits per heavy atom. The van der Waals surface area contributed by atoms with Crippen LogP contribution in [0.1, 0.15) is 28.5 Å². The van der Waals surface area contributed by atoms with Gasteiger partial charge in [-0.1, -0.05) is 48.0 Å². The Hall–Kier alpha value is -3.28. The molecule has 0 bridgehead atoms. The fraction of sp³-hybridized carbons (Fsp3) is 0.200. The SMILES string of the molecule is Cc1ccc(C(=O)[C@H](C)OC(=O)Cc2n[nH]c(=O)c3ccccc23)cc1. The summed E-state index contributed by atoms with van der Waals surface area (Å²) in [5, 5.41) is 7.36. The Balaban J connectivity index is 1.73. The lowest BCUT2D eigenvalue weighted by Crippen LogP contribution is -2.26. The molecule has 26 heavy (non-hydrogen) atoms. The van der Waals surface area contributed by atoms with Gasteiger partial charge in [0.25, 0.3) is 5.56 Å². The van der Waals surface area contributed by atoms with E-state index < -0.39 is 12.1 Å². The van der Waals surface area contributed by atoms with E-state index in [0.29, 0.717) is 22.0 Å². The van der Waals surface area contributed by atoms with E-state index in [4.69, 9.17) is 4.74 Å². The minimum absolute atomic E-state index is 0.136. The maximum Gasteiger partial charge on any atom is 0.312 e. The number of carbonyl (C=O) groups is 2. The normalized spacial score (nSPS) is 11.9. The number of hydrogen-bond acceptors (Lipinski definition) is 5. The molecule has 0 saturated heterocycles. The topological polar surface area (TPSA) is 89.1 Å². The average molecular weight is 350 g/mol. The molecule has 0 radical (unpaired) electrons. The summed E-state index contributed by atoms with van der Waals surface area (Å²) in [6, 6.07) is 14.0. The van der Waals surface area contributed by atoms with Crippen molar-refractivity contribution >= 4 is 22.5 Å². The van der Waals surface area contributed by atoms with E-state index in [1.807, 2.05) is 19.1 Å². The van der Waals surface area contributed by atoms with E-state index >= 15 is 0 Å². The number of rotatable bonds is 5. The molecule has 2 aromatic carbocycles. The van der Waals surface area contributed by atoms with Gasteiger partial charge in [0.05, 0.1) is 17.5 Å². The maximum absolute atomic E-state index is 12.4. The van der Waals surface area contributed by atoms with Gasteiger partial charge in [-0.25, -0.2) is 5.10 Å². The third kappa shape index (κ3) is 3.69. The van der Waals surface area contributed by atoms with Gasteiger partial charge < -0.3 is 4.74 Å². The van der Waals surface area contributed by atoms with Gasteiger partial charge in [0.2, 0.25) is 5.78 Å². The molecule has 0 spiro atoms. The highest BCUT2D eigenvalue weighted by atomic mass is 16.5. The molecule has 6 nitrogen and oxygen atoms in total. The molecular formula is C20H18N2O4. The van der Waals surface area contributed by atoms with Gasteiger partial charge >= 0.3 is 5.97 Å². The van der Waals surface area contributed by atoms with Crippen molar-refractivity contribution in [2.75, 3.05) is 0 Å². The van der Waals surface area contributed by atoms with E-state index in [1.54, 1.807) is 43.3 Å². The van der Waals surface area contributed by atoms with Crippen LogP contribution in [0.15, 0.2) is 53.3 Å². The lowest BCUT2D eigenvalue weighted by Gasteiger charge is -2.13. The van der Waals surface area contributed by atoms with Crippen LogP contribution in [0.3, 0.4) is 0 Å². The fourth-order valence-corrected chi connectivity index (χ4v) is 2.69. The molecule has 3 aromatic rings. The van der Waals surface area contributed by atoms with Crippen molar-refractivity contribution in [3.8, 4) is 0 Å². The van der Waals surface area contributed by atoms with Crippen molar-refractivity contribution in [3.63, 3.8) is 0 Å². The van der Waals surface area contributed by atoms with E-state index in [2.05, 4.69) is 10.2 Å². The molecule has 0 unspecified atom stereocenters. The number of benzene rings is 2. The van der Waals surface area contributed by atoms with E-state index in [-0.39, 0.29) is 17.8 Å². The summed E-state index contributed by atoms with van der Waals surface area (Å²) in [7, 11) is 0. The Labute approximate surface area is 149 Å². The van der Waals surface area contributed by atoms with Crippen molar-refractivity contribution in [3.05, 3.63) is 75.7 Å². The third-order valence-corrected chi connectivity index (χ3v) is 4.10. The minimum atomic E-state index is -0.903. The molecule has 3 rings (SSSR count). The highest BCUT2D eigenvalue weighted by Crippen LogP contribution is 2.14. The smallest absolute Gasteiger partial charge is 0.312 e. The summed E-state index contributed by atoms with van der Waals surface area (Å²) in [4.78, 5) is 36.4. The van der Waals surface area contributed by atoms with Gasteiger partial charge in [-0.05, 0) is 19.9 Å². The number of aromatic nitrogens is 2. The number of fused-ring (bicyclic) bond motifs is 1. The molecule has 0 amide bonds. The number of ketones is 1. The molecule has 0 aliphatic heterocycles. The molecule has 1 heterocycles. The predicted molar refractivity (Wildman–Crippen MR) is 97.1 cm³/mol. The van der Waals surface area contributed by atoms with Crippen LogP contribution in [0.2, 0.25) is 0 Å². The van der Waals surface area contributed by atoms with Crippen molar-refractivity contribution < 1.29 is 14.3 Å². The standard InChI is InChI=1S/C20H18N2O4/c1-12-7-9-14(10-8-12)19(24)13(2)26-18(23)11-17-15-5-3-4-6-16(15)20(25)22-21-17/h3-10,13H,11H2,1-2H3,(H,22,25)/t13-/m0/s1. The quantitative estimate of drug-likeness (QED) is 0.564. The van der Waals surface area contributed by atoms with Crippen LogP contribution >= 0.6 is 0 Å². The predicted octanol–water partition coefficient (Wildman–Crippen LogP) is 2.59. The van der Waals surface area contributed by atoms with Gasteiger partial charge in [-0.2, -0.15) is 5.10 Å². The average Bonchev–Trinajstić information content (AvgIpc) is 2.64. The summed E-state index contributed by atoms with van der Waals surface area (Å²) in [6.45, 7) is 3.47. The second-order valence-electron chi connectivity index (χ2n) is 6.08. The molecule has 1 atom stereocenters. The fourth-order valence-electron chi connectivity index (χ4n) is 2.69. The molecule has 0 saturated carbocycles. The Bertz CT molecular complexity index is 1020. The van der Waals surface area contributed by atoms with Crippen LogP contribution in [-0.2, 0) is 16.0 Å². The van der Waals surface area contributed by atoms with Crippen LogP contribution < -0.4 is 5.56 Å². The van der Waals surface area contributed by atoms with Crippen molar-refractivity contribution in [1.82, 2.24) is 10.2 Å². The van der Waals surface area contributed by atoms with Crippen LogP contribution in [0.5, 0.6) is 0 Å². The number of carbonyl (C=O) groups excluding carboxylic acids is 2. The van der Waals surface area contributed by atoms with Gasteiger partial charge in [-0.15, -0.1) is 0 Å². The second kappa shape index (κ2) is 7.31. The monoisotopic (exact) mass is 350 g/mol. The highest BCUT2D eigenvalue weighted by Gasteiger charge is 2.20. The zero-order valence-electron chi connectivity index (χ0n) is 14.5. The number of hydrogen-bond donors (Lipinski definition) is 1. The maximum atomic E-state index is 12.4. The Kier molecular flexibility index (Phi) is 4.93. The van der Waals surface area contributed by atoms with Gasteiger partial charge in [-0.3, -0.25) is 14.4 Å². The lowest BCUT2D eigenvalue weighted by atomic mass is 10.1. The third-order valence-electron chi connectivity index (χ3n) is 4.10. The molecule has 1 N–H and O–H groups in total. The Morgan fingerprint density at radius 2 is 1.73 bits per heavy atom. The molecule has 0 fully saturated rings. The van der Waals surface area contributed by atoms with Gasteiger partial charge in [0, 0.05) is 10.9 Å². The van der Waals surface area contributed by atoms with Gasteiger partial charge in [0.15, 0.2) is 6.10 Å². The zero-order valence-corrected chi connectivity index (χ0v) is 14.5. The summed E-state index contributed by atoms with van der Waals surface area (Å²) in [5.41, 5.74) is 1.62. The van der Waals surface area contributed by atoms with Crippen LogP contribution in [0.25, 0.3) is 10.8 Å². The summed E-state index contributed by atoms with van der Waals surface area (Å²) < 4.78 is 5.26.